The summed E-state index contributed by atoms with van der Waals surface area (Å²) in [6.45, 7) is 0. The van der Waals surface area contributed by atoms with Gasteiger partial charge in [0.25, 0.3) is 0 Å². The van der Waals surface area contributed by atoms with E-state index < -0.39 is 29.6 Å². The molecule has 3 saturated heterocycles. The molecule has 9 nitrogen and oxygen atoms in total. The molecule has 0 N–H and O–H groups in total. The zero-order valence-corrected chi connectivity index (χ0v) is 19.4. The molecule has 3 heterocycles. The maximum absolute atomic E-state index is 13.1. The van der Waals surface area contributed by atoms with Crippen LogP contribution in [0.5, 0.6) is 0 Å². The van der Waals surface area contributed by atoms with Gasteiger partial charge in [0.15, 0.2) is 0 Å². The normalized spacial score (nSPS) is 39.6. The molecule has 0 aromatic rings. The van der Waals surface area contributed by atoms with Crippen LogP contribution in [0.1, 0.15) is 32.1 Å². The Labute approximate surface area is 196 Å². The minimum Gasteiger partial charge on any atom is -0.285 e. The summed E-state index contributed by atoms with van der Waals surface area (Å²) >= 11 is 0. The van der Waals surface area contributed by atoms with Crippen molar-refractivity contribution < 1.29 is 28.8 Å². The number of nitrogens with zero attached hydrogens (tertiary/aromatic N) is 3. The van der Waals surface area contributed by atoms with Gasteiger partial charge in [0.05, 0.1) is 35.5 Å². The third kappa shape index (κ3) is 2.55. The van der Waals surface area contributed by atoms with Gasteiger partial charge < -0.3 is 0 Å². The van der Waals surface area contributed by atoms with Gasteiger partial charge in [-0.05, 0) is 49.2 Å². The zero-order valence-electron chi connectivity index (χ0n) is 19.4. The highest BCUT2D eigenvalue weighted by Gasteiger charge is 2.59. The van der Waals surface area contributed by atoms with E-state index in [9.17, 15) is 28.8 Å². The predicted octanol–water partition coefficient (Wildman–Crippen LogP) is 0.510. The average molecular weight is 466 g/mol. The largest absolute Gasteiger partial charge is 0.285 e. The number of hydrogen-bond acceptors (Lipinski definition) is 6. The molecule has 0 bridgehead atoms. The molecule has 9 heteroatoms. The van der Waals surface area contributed by atoms with Crippen LogP contribution in [-0.2, 0) is 28.8 Å². The third-order valence-corrected chi connectivity index (χ3v) is 9.35. The van der Waals surface area contributed by atoms with Crippen molar-refractivity contribution in [1.82, 2.24) is 14.7 Å². The third-order valence-electron chi connectivity index (χ3n) is 9.35. The molecule has 6 amide bonds. The van der Waals surface area contributed by atoms with E-state index in [-0.39, 0.29) is 47.3 Å². The molecule has 0 radical (unpaired) electrons. The van der Waals surface area contributed by atoms with Crippen molar-refractivity contribution in [3.63, 3.8) is 0 Å². The van der Waals surface area contributed by atoms with E-state index in [1.165, 1.54) is 35.8 Å². The molecule has 6 aliphatic rings. The highest BCUT2D eigenvalue weighted by molar-refractivity contribution is 6.07. The van der Waals surface area contributed by atoms with Crippen LogP contribution in [0.2, 0.25) is 0 Å². The first-order chi connectivity index (χ1) is 16.1. The van der Waals surface area contributed by atoms with Crippen molar-refractivity contribution in [2.24, 2.45) is 41.4 Å². The summed E-state index contributed by atoms with van der Waals surface area (Å²) in [7, 11) is 4.53. The number of fused-ring (bicyclic) bond motifs is 5. The Kier molecular flexibility index (Phi) is 4.39. The van der Waals surface area contributed by atoms with Crippen LogP contribution in [0.3, 0.4) is 0 Å². The highest BCUT2D eigenvalue weighted by Crippen LogP contribution is 2.56. The molecular formula is C25H27N3O6. The van der Waals surface area contributed by atoms with Crippen LogP contribution >= 0.6 is 0 Å². The maximum Gasteiger partial charge on any atom is 0.233 e. The second-order valence-corrected chi connectivity index (χ2v) is 10.7. The summed E-state index contributed by atoms with van der Waals surface area (Å²) < 4.78 is 0. The van der Waals surface area contributed by atoms with Crippen LogP contribution in [-0.4, -0.2) is 71.3 Å². The highest BCUT2D eigenvalue weighted by atomic mass is 16.2. The first kappa shape index (κ1) is 21.4. The van der Waals surface area contributed by atoms with Crippen LogP contribution in [0.15, 0.2) is 22.8 Å². The Morgan fingerprint density at radius 2 is 1.12 bits per heavy atom. The lowest BCUT2D eigenvalue weighted by Crippen LogP contribution is -2.40. The first-order valence-corrected chi connectivity index (χ1v) is 12.0. The van der Waals surface area contributed by atoms with Crippen molar-refractivity contribution in [2.75, 3.05) is 21.1 Å². The van der Waals surface area contributed by atoms with E-state index in [4.69, 9.17) is 0 Å². The summed E-state index contributed by atoms with van der Waals surface area (Å²) in [4.78, 5) is 80.4. The molecule has 4 fully saturated rings. The Hall–Kier alpha value is -3.10. The number of amides is 6. The Bertz CT molecular complexity index is 1170. The second-order valence-electron chi connectivity index (χ2n) is 10.7. The van der Waals surface area contributed by atoms with Crippen LogP contribution in [0.25, 0.3) is 0 Å². The number of imide groups is 3. The monoisotopic (exact) mass is 465 g/mol. The molecule has 3 aliphatic carbocycles. The van der Waals surface area contributed by atoms with Crippen LogP contribution < -0.4 is 0 Å². The number of carbonyl (C=O) groups excluding carboxylic acids is 6. The quantitative estimate of drug-likeness (QED) is 0.522. The second kappa shape index (κ2) is 6.96. The lowest BCUT2D eigenvalue weighted by molar-refractivity contribution is -0.140. The fraction of sp³-hybridized carbons (Fsp3) is 0.600. The molecule has 0 spiro atoms. The summed E-state index contributed by atoms with van der Waals surface area (Å²) in [6, 6.07) is 0. The van der Waals surface area contributed by atoms with Crippen LogP contribution in [0, 0.1) is 41.4 Å². The van der Waals surface area contributed by atoms with Gasteiger partial charge in [0, 0.05) is 21.1 Å². The minimum absolute atomic E-state index is 0.152. The topological polar surface area (TPSA) is 112 Å². The van der Waals surface area contributed by atoms with Gasteiger partial charge >= 0.3 is 0 Å². The summed E-state index contributed by atoms with van der Waals surface area (Å²) in [5.74, 6) is -4.10. The Morgan fingerprint density at radius 3 is 1.79 bits per heavy atom. The van der Waals surface area contributed by atoms with E-state index in [0.717, 1.165) is 16.7 Å². The lowest BCUT2D eigenvalue weighted by Gasteiger charge is -2.42. The molecule has 1 saturated carbocycles. The first-order valence-electron chi connectivity index (χ1n) is 12.0. The van der Waals surface area contributed by atoms with Gasteiger partial charge in [-0.15, -0.1) is 0 Å². The smallest absolute Gasteiger partial charge is 0.233 e. The standard InChI is InChI=1S/C25H27N3O6/c1-26-20(29)11-5-4-10(6-15(11)21(26)30)12-7-18-19(25(34)28(3)24(18)33)14-9-17-16(8-13(12)14)22(31)27(2)23(17)32/h4,11,14-19H,5-9H2,1-3H3/t11-,14-,15+,16-,17+,18+,19-/m1/s1. The van der Waals surface area contributed by atoms with Gasteiger partial charge in [-0.1, -0.05) is 11.6 Å². The van der Waals surface area contributed by atoms with E-state index in [0.29, 0.717) is 32.1 Å². The van der Waals surface area contributed by atoms with Gasteiger partial charge in [0.1, 0.15) is 0 Å². The number of rotatable bonds is 1. The molecule has 178 valence electrons. The summed E-state index contributed by atoms with van der Waals surface area (Å²) in [5, 5.41) is 0. The summed E-state index contributed by atoms with van der Waals surface area (Å²) in [5.41, 5.74) is 2.91. The molecule has 3 aliphatic heterocycles. The van der Waals surface area contributed by atoms with Crippen molar-refractivity contribution in [1.29, 1.82) is 0 Å². The van der Waals surface area contributed by atoms with Gasteiger partial charge in [-0.3, -0.25) is 43.5 Å². The predicted molar refractivity (Wildman–Crippen MR) is 116 cm³/mol. The molecule has 34 heavy (non-hydrogen) atoms. The summed E-state index contributed by atoms with van der Waals surface area (Å²) in [6.07, 6.45) is 4.06. The van der Waals surface area contributed by atoms with Crippen molar-refractivity contribution in [3.8, 4) is 0 Å². The van der Waals surface area contributed by atoms with E-state index >= 15 is 0 Å². The SMILES string of the molecule is CN1C(=O)[C@H]2[C@H](CC(C3=CC[C@H]4C(=O)N(C)C(=O)[C@H]4C3)=C3C[C@H]4C(=O)N(C)C(=O)[C@H]4C[C@H]32)C1=O. The molecule has 0 unspecified atom stereocenters. The molecule has 0 aromatic carbocycles. The fourth-order valence-electron chi connectivity index (χ4n) is 7.50. The molecule has 7 atom stereocenters. The minimum atomic E-state index is -0.510. The molecule has 6 rings (SSSR count). The Balaban J connectivity index is 1.44. The van der Waals surface area contributed by atoms with Crippen molar-refractivity contribution in [3.05, 3.63) is 22.8 Å². The van der Waals surface area contributed by atoms with Crippen molar-refractivity contribution in [2.45, 2.75) is 32.1 Å². The van der Waals surface area contributed by atoms with Gasteiger partial charge in [-0.2, -0.15) is 0 Å². The van der Waals surface area contributed by atoms with E-state index in [2.05, 4.69) is 0 Å². The van der Waals surface area contributed by atoms with Crippen molar-refractivity contribution >= 4 is 35.4 Å². The number of likely N-dealkylation sites (tertiary alicyclic amines) is 3. The maximum atomic E-state index is 13.1. The lowest BCUT2D eigenvalue weighted by atomic mass is 9.59. The molecule has 0 aromatic heterocycles. The fourth-order valence-corrected chi connectivity index (χ4v) is 7.50. The van der Waals surface area contributed by atoms with E-state index in [1.54, 1.807) is 0 Å². The van der Waals surface area contributed by atoms with Gasteiger partial charge in [-0.25, -0.2) is 0 Å². The Morgan fingerprint density at radius 1 is 0.588 bits per heavy atom. The number of carbonyl (C=O) groups is 6. The van der Waals surface area contributed by atoms with Crippen LogP contribution in [0.4, 0.5) is 0 Å². The number of allylic oxidation sites excluding steroid dienone is 4. The number of hydrogen-bond donors (Lipinski definition) is 0. The zero-order chi connectivity index (χ0) is 24.2. The van der Waals surface area contributed by atoms with Gasteiger partial charge in [0.2, 0.25) is 35.4 Å². The van der Waals surface area contributed by atoms with E-state index in [1.807, 2.05) is 6.08 Å². The molecular weight excluding hydrogens is 438 g/mol. The average Bonchev–Trinajstić information content (AvgIpc) is 3.29.